The molecule has 0 spiro atoms. The summed E-state index contributed by atoms with van der Waals surface area (Å²) >= 11 is 6.15. The Kier molecular flexibility index (Phi) is 4.64. The van der Waals surface area contributed by atoms with Crippen molar-refractivity contribution in [3.63, 3.8) is 0 Å². The highest BCUT2D eigenvalue weighted by Crippen LogP contribution is 2.38. The third-order valence-corrected chi connectivity index (χ3v) is 4.36. The minimum atomic E-state index is -0.660. The number of hydrogen-bond donors (Lipinski definition) is 0. The summed E-state index contributed by atoms with van der Waals surface area (Å²) in [5, 5.41) is 0.519. The summed E-state index contributed by atoms with van der Waals surface area (Å²) in [5.74, 6) is 0.722. The van der Waals surface area contributed by atoms with Crippen LogP contribution in [0.2, 0.25) is 5.02 Å². The van der Waals surface area contributed by atoms with E-state index < -0.39 is 5.60 Å². The Labute approximate surface area is 120 Å². The second kappa shape index (κ2) is 6.06. The third kappa shape index (κ3) is 3.01. The first kappa shape index (κ1) is 14.5. The Balaban J connectivity index is 2.29. The van der Waals surface area contributed by atoms with Gasteiger partial charge in [-0.3, -0.25) is 4.79 Å². The first-order valence-corrected chi connectivity index (χ1v) is 7.40. The van der Waals surface area contributed by atoms with E-state index in [9.17, 15) is 4.79 Å². The molecule has 104 valence electrons. The fourth-order valence-electron chi connectivity index (χ4n) is 2.83. The molecular weight excluding hydrogens is 260 g/mol. The molecule has 0 atom stereocenters. The van der Waals surface area contributed by atoms with Crippen molar-refractivity contribution >= 4 is 17.4 Å². The lowest BCUT2D eigenvalue weighted by molar-refractivity contribution is -0.0474. The molecule has 0 N–H and O–H groups in total. The fraction of sp³-hybridized carbons (Fsp3) is 0.562. The highest BCUT2D eigenvalue weighted by atomic mass is 35.5. The minimum absolute atomic E-state index is 0.0480. The Morgan fingerprint density at radius 2 is 2.00 bits per heavy atom. The van der Waals surface area contributed by atoms with E-state index in [0.717, 1.165) is 25.7 Å². The normalized spacial score (nSPS) is 27.2. The van der Waals surface area contributed by atoms with Gasteiger partial charge in [-0.1, -0.05) is 30.7 Å². The summed E-state index contributed by atoms with van der Waals surface area (Å²) in [7, 11) is 0. The van der Waals surface area contributed by atoms with Gasteiger partial charge >= 0.3 is 0 Å². The molecule has 0 aromatic heterocycles. The SMILES string of the molecule is CCOC1(C(=O)c2ccccc2Cl)CCC(C)CC1. The molecule has 2 nitrogen and oxygen atoms in total. The van der Waals surface area contributed by atoms with Gasteiger partial charge in [-0.25, -0.2) is 0 Å². The first-order valence-electron chi connectivity index (χ1n) is 7.02. The van der Waals surface area contributed by atoms with Crippen LogP contribution in [0.25, 0.3) is 0 Å². The van der Waals surface area contributed by atoms with Crippen molar-refractivity contribution in [3.8, 4) is 0 Å². The molecular formula is C16H21ClO2. The average Bonchev–Trinajstić information content (AvgIpc) is 2.42. The highest BCUT2D eigenvalue weighted by Gasteiger charge is 2.42. The molecule has 1 saturated carbocycles. The van der Waals surface area contributed by atoms with Crippen molar-refractivity contribution < 1.29 is 9.53 Å². The third-order valence-electron chi connectivity index (χ3n) is 4.03. The molecule has 0 radical (unpaired) electrons. The minimum Gasteiger partial charge on any atom is -0.367 e. The van der Waals surface area contributed by atoms with Crippen LogP contribution in [0.5, 0.6) is 0 Å². The van der Waals surface area contributed by atoms with Gasteiger partial charge in [-0.05, 0) is 50.7 Å². The maximum Gasteiger partial charge on any atom is 0.196 e. The van der Waals surface area contributed by atoms with Crippen molar-refractivity contribution in [2.24, 2.45) is 5.92 Å². The lowest BCUT2D eigenvalue weighted by atomic mass is 9.75. The Morgan fingerprint density at radius 1 is 1.37 bits per heavy atom. The molecule has 0 aliphatic heterocycles. The summed E-state index contributed by atoms with van der Waals surface area (Å²) < 4.78 is 5.88. The number of hydrogen-bond acceptors (Lipinski definition) is 2. The largest absolute Gasteiger partial charge is 0.367 e. The van der Waals surface area contributed by atoms with E-state index in [2.05, 4.69) is 6.92 Å². The monoisotopic (exact) mass is 280 g/mol. The Bertz CT molecular complexity index is 448. The Morgan fingerprint density at radius 3 is 2.58 bits per heavy atom. The van der Waals surface area contributed by atoms with E-state index in [0.29, 0.717) is 23.1 Å². The van der Waals surface area contributed by atoms with Crippen molar-refractivity contribution in [1.29, 1.82) is 0 Å². The zero-order valence-corrected chi connectivity index (χ0v) is 12.4. The van der Waals surface area contributed by atoms with Crippen LogP contribution >= 0.6 is 11.6 Å². The van der Waals surface area contributed by atoms with Gasteiger partial charge in [0, 0.05) is 12.2 Å². The van der Waals surface area contributed by atoms with Crippen molar-refractivity contribution in [1.82, 2.24) is 0 Å². The molecule has 1 aliphatic rings. The number of ketones is 1. The van der Waals surface area contributed by atoms with Crippen LogP contribution in [0.4, 0.5) is 0 Å². The lowest BCUT2D eigenvalue weighted by Gasteiger charge is -2.38. The van der Waals surface area contributed by atoms with Gasteiger partial charge in [0.05, 0.1) is 5.02 Å². The molecule has 0 amide bonds. The molecule has 1 aliphatic carbocycles. The van der Waals surface area contributed by atoms with Gasteiger partial charge in [0.15, 0.2) is 5.78 Å². The van der Waals surface area contributed by atoms with E-state index >= 15 is 0 Å². The molecule has 0 unspecified atom stereocenters. The summed E-state index contributed by atoms with van der Waals surface area (Å²) in [4.78, 5) is 12.8. The quantitative estimate of drug-likeness (QED) is 0.759. The zero-order valence-electron chi connectivity index (χ0n) is 11.6. The van der Waals surface area contributed by atoms with Crippen LogP contribution in [-0.2, 0) is 4.74 Å². The molecule has 3 heteroatoms. The number of carbonyl (C=O) groups is 1. The predicted octanol–water partition coefficient (Wildman–Crippen LogP) is 4.51. The van der Waals surface area contributed by atoms with Crippen LogP contribution in [0.1, 0.15) is 49.9 Å². The summed E-state index contributed by atoms with van der Waals surface area (Å²) in [6, 6.07) is 7.25. The number of benzene rings is 1. The molecule has 1 aromatic carbocycles. The van der Waals surface area contributed by atoms with E-state index in [1.807, 2.05) is 19.1 Å². The number of carbonyl (C=O) groups excluding carboxylic acids is 1. The van der Waals surface area contributed by atoms with Crippen LogP contribution < -0.4 is 0 Å². The maximum atomic E-state index is 12.8. The van der Waals surface area contributed by atoms with Crippen LogP contribution in [0, 0.1) is 5.92 Å². The standard InChI is InChI=1S/C16H21ClO2/c1-3-19-16(10-8-12(2)9-11-16)15(18)13-6-4-5-7-14(13)17/h4-7,12H,3,8-11H2,1-2H3. The number of Topliss-reactive ketones (excluding diaryl/α,β-unsaturated/α-hetero) is 1. The van der Waals surface area contributed by atoms with Gasteiger partial charge in [0.2, 0.25) is 0 Å². The van der Waals surface area contributed by atoms with Crippen LogP contribution in [-0.4, -0.2) is 18.0 Å². The van der Waals surface area contributed by atoms with Crippen molar-refractivity contribution in [3.05, 3.63) is 34.9 Å². The Hall–Kier alpha value is -0.860. The summed E-state index contributed by atoms with van der Waals surface area (Å²) in [6.45, 7) is 4.74. The fourth-order valence-corrected chi connectivity index (χ4v) is 3.05. The molecule has 1 fully saturated rings. The van der Waals surface area contributed by atoms with Gasteiger partial charge in [0.25, 0.3) is 0 Å². The number of ether oxygens (including phenoxy) is 1. The second-order valence-corrected chi connectivity index (χ2v) is 5.83. The molecule has 0 bridgehead atoms. The highest BCUT2D eigenvalue weighted by molar-refractivity contribution is 6.34. The van der Waals surface area contributed by atoms with E-state index in [-0.39, 0.29) is 5.78 Å². The van der Waals surface area contributed by atoms with Crippen molar-refractivity contribution in [2.75, 3.05) is 6.61 Å². The molecule has 2 rings (SSSR count). The first-order chi connectivity index (χ1) is 9.09. The number of halogens is 1. The predicted molar refractivity (Wildman–Crippen MR) is 77.8 cm³/mol. The van der Waals surface area contributed by atoms with Gasteiger partial charge < -0.3 is 4.74 Å². The summed E-state index contributed by atoms with van der Waals surface area (Å²) in [5.41, 5.74) is -0.0705. The molecule has 0 heterocycles. The number of rotatable bonds is 4. The maximum absolute atomic E-state index is 12.8. The summed E-state index contributed by atoms with van der Waals surface area (Å²) in [6.07, 6.45) is 3.67. The lowest BCUT2D eigenvalue weighted by Crippen LogP contribution is -2.44. The smallest absolute Gasteiger partial charge is 0.196 e. The molecule has 0 saturated heterocycles. The second-order valence-electron chi connectivity index (χ2n) is 5.42. The average molecular weight is 281 g/mol. The van der Waals surface area contributed by atoms with Gasteiger partial charge in [0.1, 0.15) is 5.60 Å². The molecule has 19 heavy (non-hydrogen) atoms. The van der Waals surface area contributed by atoms with Crippen LogP contribution in [0.15, 0.2) is 24.3 Å². The van der Waals surface area contributed by atoms with Gasteiger partial charge in [-0.2, -0.15) is 0 Å². The zero-order chi connectivity index (χ0) is 13.9. The van der Waals surface area contributed by atoms with Gasteiger partial charge in [-0.15, -0.1) is 0 Å². The van der Waals surface area contributed by atoms with E-state index in [4.69, 9.17) is 16.3 Å². The van der Waals surface area contributed by atoms with Crippen LogP contribution in [0.3, 0.4) is 0 Å². The topological polar surface area (TPSA) is 26.3 Å². The van der Waals surface area contributed by atoms with E-state index in [1.54, 1.807) is 12.1 Å². The molecule has 1 aromatic rings. The van der Waals surface area contributed by atoms with Crippen molar-refractivity contribution in [2.45, 2.75) is 45.1 Å². The van der Waals surface area contributed by atoms with E-state index in [1.165, 1.54) is 0 Å².